The molecule has 0 bridgehead atoms. The minimum Gasteiger partial charge on any atom is -0.467 e. The standard InChI is InChI=1S/C43H47N11O7/c55-35-17-16-34(40(58)49-35)54-41(59)31-9-6-10-33(38(31)42(54)60)45-26-36(56)44-18-5-3-1-2-4-11-37(57)52-21-19-51(20-22-52)29-14-12-28(13-15-29)32-25-47-43(53-27-48-50-39(32)53)46-24-30-8-7-23-61-30/h6-10,12-15,23,25,27,34,45H,1-5,11,16-22,24,26H2,(H,44,56)(H,46,47)(H,49,55,58). The van der Waals surface area contributed by atoms with Crippen molar-refractivity contribution in [2.24, 2.45) is 0 Å². The number of imide groups is 2. The van der Waals surface area contributed by atoms with Crippen LogP contribution in [-0.4, -0.2) is 110 Å². The highest BCUT2D eigenvalue weighted by Crippen LogP contribution is 2.32. The molecular formula is C43H47N11O7. The van der Waals surface area contributed by atoms with Crippen molar-refractivity contribution in [3.63, 3.8) is 0 Å². The zero-order valence-electron chi connectivity index (χ0n) is 33.6. The van der Waals surface area contributed by atoms with E-state index >= 15 is 0 Å². The summed E-state index contributed by atoms with van der Waals surface area (Å²) in [5, 5.41) is 19.7. The number of hydrogen-bond donors (Lipinski definition) is 4. The van der Waals surface area contributed by atoms with Crippen LogP contribution in [0.1, 0.15) is 77.8 Å². The summed E-state index contributed by atoms with van der Waals surface area (Å²) in [7, 11) is 0. The Hall–Kier alpha value is -7.11. The van der Waals surface area contributed by atoms with Crippen LogP contribution in [0, 0.1) is 0 Å². The van der Waals surface area contributed by atoms with E-state index in [9.17, 15) is 28.8 Å². The van der Waals surface area contributed by atoms with Gasteiger partial charge >= 0.3 is 0 Å². The number of furan rings is 1. The van der Waals surface area contributed by atoms with Crippen LogP contribution < -0.4 is 26.2 Å². The molecule has 2 saturated heterocycles. The molecule has 4 N–H and O–H groups in total. The molecule has 18 nitrogen and oxygen atoms in total. The number of piperazine rings is 1. The van der Waals surface area contributed by atoms with E-state index in [1.807, 2.05) is 21.4 Å². The van der Waals surface area contributed by atoms with E-state index in [4.69, 9.17) is 4.42 Å². The molecule has 5 aromatic rings. The molecule has 1 atom stereocenters. The lowest BCUT2D eigenvalue weighted by Crippen LogP contribution is -2.54. The molecule has 2 fully saturated rings. The van der Waals surface area contributed by atoms with Gasteiger partial charge in [-0.3, -0.25) is 43.4 Å². The number of fused-ring (bicyclic) bond motifs is 2. The van der Waals surface area contributed by atoms with Crippen LogP contribution in [0.5, 0.6) is 0 Å². The number of nitrogens with zero attached hydrogens (tertiary/aromatic N) is 7. The summed E-state index contributed by atoms with van der Waals surface area (Å²) in [5.41, 5.74) is 4.22. The molecular weight excluding hydrogens is 783 g/mol. The molecule has 316 valence electrons. The molecule has 1 unspecified atom stereocenters. The predicted octanol–water partition coefficient (Wildman–Crippen LogP) is 3.62. The first kappa shape index (κ1) is 40.7. The lowest BCUT2D eigenvalue weighted by Gasteiger charge is -2.36. The molecule has 0 spiro atoms. The summed E-state index contributed by atoms with van der Waals surface area (Å²) in [4.78, 5) is 85.6. The van der Waals surface area contributed by atoms with E-state index in [2.05, 4.69) is 65.6 Å². The molecule has 0 radical (unpaired) electrons. The number of nitrogens with one attached hydrogen (secondary N) is 4. The first-order chi connectivity index (χ1) is 29.7. The van der Waals surface area contributed by atoms with Crippen molar-refractivity contribution in [1.29, 1.82) is 0 Å². The number of rotatable bonds is 17. The van der Waals surface area contributed by atoms with Gasteiger partial charge < -0.3 is 30.2 Å². The van der Waals surface area contributed by atoms with E-state index in [-0.39, 0.29) is 42.3 Å². The third kappa shape index (κ3) is 9.07. The summed E-state index contributed by atoms with van der Waals surface area (Å²) in [6.07, 6.45) is 10.1. The largest absolute Gasteiger partial charge is 0.467 e. The van der Waals surface area contributed by atoms with Crippen LogP contribution in [0.2, 0.25) is 0 Å². The first-order valence-electron chi connectivity index (χ1n) is 20.7. The van der Waals surface area contributed by atoms with Gasteiger partial charge in [-0.25, -0.2) is 4.98 Å². The van der Waals surface area contributed by atoms with Crippen LogP contribution in [0.3, 0.4) is 0 Å². The average Bonchev–Trinajstić information content (AvgIpc) is 4.04. The molecule has 61 heavy (non-hydrogen) atoms. The van der Waals surface area contributed by atoms with E-state index < -0.39 is 29.7 Å². The topological polar surface area (TPSA) is 216 Å². The average molecular weight is 830 g/mol. The molecule has 2 aromatic carbocycles. The molecule has 0 aliphatic carbocycles. The number of aromatic nitrogens is 4. The summed E-state index contributed by atoms with van der Waals surface area (Å²) in [5.74, 6) is -1.02. The van der Waals surface area contributed by atoms with E-state index in [1.165, 1.54) is 6.07 Å². The second kappa shape index (κ2) is 18.4. The maximum atomic E-state index is 13.3. The van der Waals surface area contributed by atoms with Crippen LogP contribution in [0.15, 0.2) is 77.8 Å². The Bertz CT molecular complexity index is 2420. The third-order valence-corrected chi connectivity index (χ3v) is 11.3. The summed E-state index contributed by atoms with van der Waals surface area (Å²) in [6.45, 7) is 3.74. The molecule has 6 amide bonds. The monoisotopic (exact) mass is 829 g/mol. The minimum atomic E-state index is -1.06. The number of piperidine rings is 1. The second-order valence-corrected chi connectivity index (χ2v) is 15.3. The fraction of sp³-hybridized carbons (Fsp3) is 0.372. The van der Waals surface area contributed by atoms with Crippen molar-refractivity contribution < 1.29 is 33.2 Å². The van der Waals surface area contributed by atoms with Gasteiger partial charge in [0.1, 0.15) is 18.1 Å². The lowest BCUT2D eigenvalue weighted by molar-refractivity contribution is -0.136. The van der Waals surface area contributed by atoms with Gasteiger partial charge in [0.15, 0.2) is 5.65 Å². The molecule has 0 saturated carbocycles. The van der Waals surface area contributed by atoms with Crippen molar-refractivity contribution >= 4 is 58.4 Å². The number of carbonyl (C=O) groups is 6. The Morgan fingerprint density at radius 2 is 1.66 bits per heavy atom. The van der Waals surface area contributed by atoms with Crippen LogP contribution in [0.25, 0.3) is 16.8 Å². The number of unbranched alkanes of at least 4 members (excludes halogenated alkanes) is 4. The van der Waals surface area contributed by atoms with Gasteiger partial charge in [0.25, 0.3) is 11.8 Å². The Labute approximate surface area is 351 Å². The maximum absolute atomic E-state index is 13.3. The first-order valence-corrected chi connectivity index (χ1v) is 20.7. The molecule has 3 aromatic heterocycles. The molecule has 18 heteroatoms. The van der Waals surface area contributed by atoms with Gasteiger partial charge in [-0.2, -0.15) is 0 Å². The summed E-state index contributed by atoms with van der Waals surface area (Å²) < 4.78 is 7.24. The third-order valence-electron chi connectivity index (χ3n) is 11.3. The maximum Gasteiger partial charge on any atom is 0.264 e. The van der Waals surface area contributed by atoms with Gasteiger partial charge in [0, 0.05) is 68.7 Å². The quantitative estimate of drug-likeness (QED) is 0.0780. The number of carbonyl (C=O) groups excluding carboxylic acids is 6. The number of amides is 6. The molecule has 3 aliphatic heterocycles. The Balaban J connectivity index is 0.698. The number of hydrogen-bond acceptors (Lipinski definition) is 13. The van der Waals surface area contributed by atoms with E-state index in [0.29, 0.717) is 49.9 Å². The summed E-state index contributed by atoms with van der Waals surface area (Å²) in [6, 6.07) is 15.7. The van der Waals surface area contributed by atoms with Crippen molar-refractivity contribution in [3.8, 4) is 11.1 Å². The van der Waals surface area contributed by atoms with Crippen molar-refractivity contribution in [1.82, 2.24) is 40.0 Å². The van der Waals surface area contributed by atoms with Gasteiger partial charge in [0.2, 0.25) is 29.6 Å². The van der Waals surface area contributed by atoms with Crippen LogP contribution in [0.4, 0.5) is 17.3 Å². The van der Waals surface area contributed by atoms with Gasteiger partial charge in [-0.1, -0.05) is 37.5 Å². The fourth-order valence-corrected chi connectivity index (χ4v) is 8.02. The smallest absolute Gasteiger partial charge is 0.264 e. The fourth-order valence-electron chi connectivity index (χ4n) is 8.02. The highest BCUT2D eigenvalue weighted by molar-refractivity contribution is 6.25. The Kier molecular flexibility index (Phi) is 12.3. The van der Waals surface area contributed by atoms with E-state index in [1.54, 1.807) is 30.9 Å². The van der Waals surface area contributed by atoms with Crippen LogP contribution in [-0.2, 0) is 25.7 Å². The summed E-state index contributed by atoms with van der Waals surface area (Å²) >= 11 is 0. The van der Waals surface area contributed by atoms with Crippen molar-refractivity contribution in [2.75, 3.05) is 54.8 Å². The molecule has 3 aliphatic rings. The van der Waals surface area contributed by atoms with Gasteiger partial charge in [0.05, 0.1) is 30.5 Å². The van der Waals surface area contributed by atoms with Gasteiger partial charge in [-0.05, 0) is 61.2 Å². The Morgan fingerprint density at radius 3 is 2.44 bits per heavy atom. The highest BCUT2D eigenvalue weighted by Gasteiger charge is 2.45. The van der Waals surface area contributed by atoms with Crippen molar-refractivity contribution in [3.05, 3.63) is 90.3 Å². The SMILES string of the molecule is O=C(CNc1cccc2c1C(=O)N(C1CCC(=O)NC1=O)C2=O)NCCCCCCCC(=O)N1CCN(c2ccc(-c3cnc(NCc4ccco4)n4cnnc34)cc2)CC1. The second-order valence-electron chi connectivity index (χ2n) is 15.3. The predicted molar refractivity (Wildman–Crippen MR) is 223 cm³/mol. The molecule has 8 rings (SSSR count). The highest BCUT2D eigenvalue weighted by atomic mass is 16.3. The minimum absolute atomic E-state index is 0.0335. The molecule has 6 heterocycles. The number of anilines is 3. The zero-order chi connectivity index (χ0) is 42.3. The van der Waals surface area contributed by atoms with E-state index in [0.717, 1.165) is 72.7 Å². The zero-order valence-corrected chi connectivity index (χ0v) is 33.6. The lowest BCUT2D eigenvalue weighted by atomic mass is 10.0. The van der Waals surface area contributed by atoms with Gasteiger partial charge in [-0.15, -0.1) is 10.2 Å². The normalized spacial score (nSPS) is 16.5. The van der Waals surface area contributed by atoms with Crippen molar-refractivity contribution in [2.45, 2.75) is 64.0 Å². The number of benzene rings is 2. The van der Waals surface area contributed by atoms with Crippen LogP contribution >= 0.6 is 0 Å². The Morgan fingerprint density at radius 1 is 0.852 bits per heavy atom.